The third-order valence-corrected chi connectivity index (χ3v) is 0.833. The molecule has 0 aliphatic heterocycles. The molecule has 12 nitrogen and oxygen atoms in total. The minimum Gasteiger partial charge on any atom is -0.344 e. The Morgan fingerprint density at radius 3 is 0.273 bits per heavy atom. The summed E-state index contributed by atoms with van der Waals surface area (Å²) in [7, 11) is 0. The van der Waals surface area contributed by atoms with Crippen molar-refractivity contribution >= 4 is 0 Å². The molecule has 146 valence electrons. The molecule has 0 fully saturated rings. The zero-order valence-corrected chi connectivity index (χ0v) is 14.3. The van der Waals surface area contributed by atoms with Crippen molar-refractivity contribution < 1.29 is 0 Å². The Labute approximate surface area is 136 Å². The van der Waals surface area contributed by atoms with E-state index in [0.29, 0.717) is 65.4 Å². The molecule has 0 unspecified atom stereocenters. The fourth-order valence-corrected chi connectivity index (χ4v) is 0. The van der Waals surface area contributed by atoms with Gasteiger partial charge in [0.1, 0.15) is 0 Å². The van der Waals surface area contributed by atoms with Gasteiger partial charge in [-0.2, -0.15) is 0 Å². The van der Waals surface area contributed by atoms with Gasteiger partial charge in [-0.05, 0) is 0 Å². The number of hydrogen-bond donors (Lipinski definition) is 12. The first-order valence-corrected chi connectivity index (χ1v) is 6.58. The first kappa shape index (κ1) is 43.0. The largest absolute Gasteiger partial charge is 0.344 e. The van der Waals surface area contributed by atoms with E-state index in [0.717, 1.165) is 0 Å². The summed E-state index contributed by atoms with van der Waals surface area (Å²) >= 11 is 0. The predicted octanol–water partition coefficient (Wildman–Crippen LogP) is -5.16. The van der Waals surface area contributed by atoms with E-state index in [-0.39, 0.29) is 12.3 Å². The number of nitrogens with two attached hydrogens (primary N) is 10. The van der Waals surface area contributed by atoms with Crippen LogP contribution in [0.2, 0.25) is 0 Å². The minimum absolute atomic E-state index is 0. The van der Waals surface area contributed by atoms with E-state index >= 15 is 0 Å². The van der Waals surface area contributed by atoms with Crippen molar-refractivity contribution in [2.45, 2.75) is 0 Å². The lowest BCUT2D eigenvalue weighted by atomic mass is 10.7. The Kier molecular flexibility index (Phi) is 169. The van der Waals surface area contributed by atoms with Gasteiger partial charge in [-0.15, -0.1) is 0 Å². The number of hydrogen-bond acceptors (Lipinski definition) is 12. The van der Waals surface area contributed by atoms with Gasteiger partial charge < -0.3 is 69.6 Å². The van der Waals surface area contributed by atoms with Crippen molar-refractivity contribution in [1.82, 2.24) is 12.3 Å². The van der Waals surface area contributed by atoms with Crippen LogP contribution in [-0.2, 0) is 0 Å². The predicted molar refractivity (Wildman–Crippen MR) is 101 cm³/mol. The van der Waals surface area contributed by atoms with E-state index in [2.05, 4.69) is 0 Å². The highest BCUT2D eigenvalue weighted by atomic mass is 14.6. The Hall–Kier alpha value is -0.480. The van der Waals surface area contributed by atoms with E-state index in [1.54, 1.807) is 0 Å². The summed E-state index contributed by atoms with van der Waals surface area (Å²) in [4.78, 5) is 0. The third kappa shape index (κ3) is 328. The normalized spacial score (nSPS) is 6.82. The van der Waals surface area contributed by atoms with Gasteiger partial charge in [0.25, 0.3) is 0 Å². The Bertz CT molecular complexity index is 55.1. The molecule has 0 atom stereocenters. The summed E-state index contributed by atoms with van der Waals surface area (Å²) in [5.41, 5.74) is 49.0. The minimum atomic E-state index is 0. The van der Waals surface area contributed by atoms with Crippen LogP contribution in [0.25, 0.3) is 0 Å². The molecule has 0 saturated heterocycles. The fraction of sp³-hybridized carbons (Fsp3) is 1.00. The highest BCUT2D eigenvalue weighted by molar-refractivity contribution is 4.27. The maximum Gasteiger partial charge on any atom is 0.00461 e. The van der Waals surface area contributed by atoms with Gasteiger partial charge in [-0.25, -0.2) is 0 Å². The Morgan fingerprint density at radius 2 is 0.273 bits per heavy atom. The molecule has 0 aromatic heterocycles. The molecule has 0 aromatic rings. The van der Waals surface area contributed by atoms with Crippen LogP contribution in [0, 0.1) is 0 Å². The first-order valence-electron chi connectivity index (χ1n) is 6.58. The zero-order chi connectivity index (χ0) is 17.1. The maximum atomic E-state index is 4.90. The second-order valence-electron chi connectivity index (χ2n) is 2.89. The quantitative estimate of drug-likeness (QED) is 0.224. The molecule has 0 aliphatic carbocycles. The van der Waals surface area contributed by atoms with Crippen molar-refractivity contribution in [2.24, 2.45) is 57.3 Å². The van der Waals surface area contributed by atoms with Crippen molar-refractivity contribution in [3.63, 3.8) is 0 Å². The maximum absolute atomic E-state index is 4.90. The van der Waals surface area contributed by atoms with Crippen LogP contribution >= 0.6 is 0 Å². The van der Waals surface area contributed by atoms with Gasteiger partial charge in [0, 0.05) is 65.4 Å². The van der Waals surface area contributed by atoms with Crippen LogP contribution < -0.4 is 69.6 Å². The van der Waals surface area contributed by atoms with Gasteiger partial charge in [0.05, 0.1) is 0 Å². The van der Waals surface area contributed by atoms with E-state index < -0.39 is 0 Å². The number of rotatable bonds is 5. The van der Waals surface area contributed by atoms with Crippen molar-refractivity contribution in [1.29, 1.82) is 0 Å². The zero-order valence-electron chi connectivity index (χ0n) is 14.3. The Balaban J connectivity index is -0.0000000250. The van der Waals surface area contributed by atoms with Crippen LogP contribution in [0.4, 0.5) is 0 Å². The average Bonchev–Trinajstić information content (AvgIpc) is 2.55. The molecular formula is C10H46N12. The van der Waals surface area contributed by atoms with E-state index in [1.165, 1.54) is 0 Å². The summed E-state index contributed by atoms with van der Waals surface area (Å²) in [5.74, 6) is 0. The van der Waals surface area contributed by atoms with Crippen LogP contribution in [0.5, 0.6) is 0 Å². The van der Waals surface area contributed by atoms with Crippen LogP contribution in [0.15, 0.2) is 0 Å². The molecule has 0 bridgehead atoms. The summed E-state index contributed by atoms with van der Waals surface area (Å²) in [6.07, 6.45) is 0. The van der Waals surface area contributed by atoms with Gasteiger partial charge >= 0.3 is 0 Å². The fourth-order valence-electron chi connectivity index (χ4n) is 0. The standard InChI is InChI=1S/5C2H8N2.2H3N/c5*3-1-2-4;;/h5*1-4H2;2*1H3. The van der Waals surface area contributed by atoms with Crippen molar-refractivity contribution in [3.8, 4) is 0 Å². The van der Waals surface area contributed by atoms with E-state index in [4.69, 9.17) is 57.3 Å². The van der Waals surface area contributed by atoms with Gasteiger partial charge in [0.15, 0.2) is 0 Å². The second-order valence-corrected chi connectivity index (χ2v) is 2.89. The summed E-state index contributed by atoms with van der Waals surface area (Å²) in [6.45, 7) is 5.97. The molecule has 0 rings (SSSR count). The molecule has 22 heavy (non-hydrogen) atoms. The molecule has 0 radical (unpaired) electrons. The molecule has 0 spiro atoms. The lowest BCUT2D eigenvalue weighted by Crippen LogP contribution is -2.11. The van der Waals surface area contributed by atoms with E-state index in [1.807, 2.05) is 0 Å². The molecule has 12 heteroatoms. The summed E-state index contributed by atoms with van der Waals surface area (Å²) in [6, 6.07) is 0. The molecule has 0 saturated carbocycles. The SMILES string of the molecule is N.N.NCCN.NCCN.NCCN.NCCN.NCCN. The third-order valence-electron chi connectivity index (χ3n) is 0.833. The second kappa shape index (κ2) is 86.3. The molecule has 0 heterocycles. The van der Waals surface area contributed by atoms with Crippen LogP contribution in [0.3, 0.4) is 0 Å². The first-order chi connectivity index (χ1) is 9.57. The molecule has 0 aliphatic rings. The lowest BCUT2D eigenvalue weighted by molar-refractivity contribution is 0.976. The van der Waals surface area contributed by atoms with E-state index in [9.17, 15) is 0 Å². The van der Waals surface area contributed by atoms with Gasteiger partial charge in [-0.3, -0.25) is 0 Å². The molecule has 0 aromatic carbocycles. The van der Waals surface area contributed by atoms with Crippen LogP contribution in [0.1, 0.15) is 0 Å². The van der Waals surface area contributed by atoms with Gasteiger partial charge in [0.2, 0.25) is 0 Å². The molecule has 0 amide bonds. The Morgan fingerprint density at radius 1 is 0.227 bits per heavy atom. The smallest absolute Gasteiger partial charge is 0.00461 e. The molecule has 26 N–H and O–H groups in total. The van der Waals surface area contributed by atoms with Crippen LogP contribution in [-0.4, -0.2) is 65.4 Å². The monoisotopic (exact) mass is 334 g/mol. The highest BCUT2D eigenvalue weighted by Crippen LogP contribution is 1.25. The lowest BCUT2D eigenvalue weighted by Gasteiger charge is -1.72. The van der Waals surface area contributed by atoms with Crippen molar-refractivity contribution in [3.05, 3.63) is 0 Å². The van der Waals surface area contributed by atoms with Crippen molar-refractivity contribution in [2.75, 3.05) is 65.4 Å². The average molecular weight is 335 g/mol. The highest BCUT2D eigenvalue weighted by Gasteiger charge is 1.56. The molecular weight excluding hydrogens is 288 g/mol. The van der Waals surface area contributed by atoms with Gasteiger partial charge in [-0.1, -0.05) is 0 Å². The summed E-state index contributed by atoms with van der Waals surface area (Å²) in [5, 5.41) is 0. The topological polar surface area (TPSA) is 330 Å². The summed E-state index contributed by atoms with van der Waals surface area (Å²) < 4.78 is 0.